The predicted molar refractivity (Wildman–Crippen MR) is 66.6 cm³/mol. The summed E-state index contributed by atoms with van der Waals surface area (Å²) in [5.74, 6) is 0.273. The summed E-state index contributed by atoms with van der Waals surface area (Å²) in [6.45, 7) is 3.63. The summed E-state index contributed by atoms with van der Waals surface area (Å²) >= 11 is 2.07. The van der Waals surface area contributed by atoms with Gasteiger partial charge in [0.1, 0.15) is 0 Å². The standard InChI is InChI=1S/C10H13FIN3/c1-14-2-4-15(5-3-14)10-9(11)6-8(12)7-13-10/h6-7H,2-5H2,1H3. The molecule has 1 saturated heterocycles. The molecule has 15 heavy (non-hydrogen) atoms. The lowest BCUT2D eigenvalue weighted by molar-refractivity contribution is 0.310. The molecule has 0 N–H and O–H groups in total. The van der Waals surface area contributed by atoms with Crippen molar-refractivity contribution in [2.75, 3.05) is 38.1 Å². The fourth-order valence-corrected chi connectivity index (χ4v) is 2.07. The molecule has 1 aliphatic heterocycles. The molecule has 1 aliphatic rings. The number of rotatable bonds is 1. The van der Waals surface area contributed by atoms with Gasteiger partial charge in [0.25, 0.3) is 0 Å². The van der Waals surface area contributed by atoms with E-state index in [9.17, 15) is 4.39 Å². The lowest BCUT2D eigenvalue weighted by Gasteiger charge is -2.33. The maximum Gasteiger partial charge on any atom is 0.166 e. The van der Waals surface area contributed by atoms with E-state index in [4.69, 9.17) is 0 Å². The molecule has 0 amide bonds. The quantitative estimate of drug-likeness (QED) is 0.732. The second-order valence-corrected chi connectivity index (χ2v) is 4.99. The topological polar surface area (TPSA) is 19.4 Å². The summed E-state index contributed by atoms with van der Waals surface area (Å²) in [6, 6.07) is 1.53. The fraction of sp³-hybridized carbons (Fsp3) is 0.500. The minimum absolute atomic E-state index is 0.216. The normalized spacial score (nSPS) is 18.2. The van der Waals surface area contributed by atoms with Gasteiger partial charge in [-0.15, -0.1) is 0 Å². The number of hydrogen-bond acceptors (Lipinski definition) is 3. The number of nitrogens with zero attached hydrogens (tertiary/aromatic N) is 3. The first-order valence-corrected chi connectivity index (χ1v) is 5.99. The summed E-state index contributed by atoms with van der Waals surface area (Å²) in [5, 5.41) is 0. The van der Waals surface area contributed by atoms with Crippen LogP contribution in [-0.4, -0.2) is 43.1 Å². The smallest absolute Gasteiger partial charge is 0.166 e. The Morgan fingerprint density at radius 2 is 2.00 bits per heavy atom. The van der Waals surface area contributed by atoms with Crippen LogP contribution in [0.3, 0.4) is 0 Å². The van der Waals surface area contributed by atoms with Gasteiger partial charge in [0.05, 0.1) is 0 Å². The van der Waals surface area contributed by atoms with E-state index < -0.39 is 0 Å². The monoisotopic (exact) mass is 321 g/mol. The number of hydrogen-bond donors (Lipinski definition) is 0. The van der Waals surface area contributed by atoms with Gasteiger partial charge in [-0.1, -0.05) is 0 Å². The molecule has 2 heterocycles. The highest BCUT2D eigenvalue weighted by molar-refractivity contribution is 14.1. The maximum absolute atomic E-state index is 13.6. The lowest BCUT2D eigenvalue weighted by atomic mass is 10.3. The third-order valence-corrected chi connectivity index (χ3v) is 3.18. The molecular formula is C10H13FIN3. The van der Waals surface area contributed by atoms with Gasteiger partial charge in [0.15, 0.2) is 11.6 Å². The van der Waals surface area contributed by atoms with E-state index >= 15 is 0 Å². The van der Waals surface area contributed by atoms with Gasteiger partial charge in [-0.2, -0.15) is 0 Å². The summed E-state index contributed by atoms with van der Waals surface area (Å²) < 4.78 is 14.4. The highest BCUT2D eigenvalue weighted by Gasteiger charge is 2.18. The van der Waals surface area contributed by atoms with Crippen LogP contribution in [0.2, 0.25) is 0 Å². The van der Waals surface area contributed by atoms with Gasteiger partial charge in [0.2, 0.25) is 0 Å². The van der Waals surface area contributed by atoms with Crippen LogP contribution in [0.4, 0.5) is 10.2 Å². The zero-order valence-electron chi connectivity index (χ0n) is 8.58. The third-order valence-electron chi connectivity index (χ3n) is 2.59. The van der Waals surface area contributed by atoms with E-state index in [2.05, 4.69) is 39.5 Å². The second kappa shape index (κ2) is 4.61. The van der Waals surface area contributed by atoms with Crippen LogP contribution in [0.25, 0.3) is 0 Å². The van der Waals surface area contributed by atoms with Crippen LogP contribution in [-0.2, 0) is 0 Å². The Morgan fingerprint density at radius 3 is 2.60 bits per heavy atom. The summed E-state index contributed by atoms with van der Waals surface area (Å²) in [4.78, 5) is 8.39. The average molecular weight is 321 g/mol. The molecule has 3 nitrogen and oxygen atoms in total. The van der Waals surface area contributed by atoms with Gasteiger partial charge in [-0.05, 0) is 35.7 Å². The van der Waals surface area contributed by atoms with Gasteiger partial charge in [0, 0.05) is 35.9 Å². The Kier molecular flexibility index (Phi) is 3.40. The van der Waals surface area contributed by atoms with Crippen molar-refractivity contribution in [2.45, 2.75) is 0 Å². The minimum atomic E-state index is -0.216. The van der Waals surface area contributed by atoms with Crippen molar-refractivity contribution in [1.29, 1.82) is 0 Å². The Bertz CT molecular complexity index is 351. The van der Waals surface area contributed by atoms with E-state index in [-0.39, 0.29) is 5.82 Å². The zero-order valence-corrected chi connectivity index (χ0v) is 10.7. The van der Waals surface area contributed by atoms with E-state index in [0.29, 0.717) is 5.82 Å². The highest BCUT2D eigenvalue weighted by Crippen LogP contribution is 2.19. The molecule has 0 radical (unpaired) electrons. The van der Waals surface area contributed by atoms with Crippen molar-refractivity contribution in [1.82, 2.24) is 9.88 Å². The summed E-state index contributed by atoms with van der Waals surface area (Å²) in [5.41, 5.74) is 0. The number of pyridine rings is 1. The van der Waals surface area contributed by atoms with Crippen LogP contribution >= 0.6 is 22.6 Å². The van der Waals surface area contributed by atoms with Gasteiger partial charge < -0.3 is 9.80 Å². The van der Waals surface area contributed by atoms with Crippen LogP contribution in [0.5, 0.6) is 0 Å². The first kappa shape index (κ1) is 11.1. The molecule has 0 atom stereocenters. The minimum Gasteiger partial charge on any atom is -0.352 e. The molecular weight excluding hydrogens is 308 g/mol. The molecule has 0 aliphatic carbocycles. The lowest BCUT2D eigenvalue weighted by Crippen LogP contribution is -2.45. The number of aromatic nitrogens is 1. The van der Waals surface area contributed by atoms with Crippen molar-refractivity contribution >= 4 is 28.4 Å². The van der Waals surface area contributed by atoms with E-state index in [1.54, 1.807) is 6.20 Å². The molecule has 0 spiro atoms. The van der Waals surface area contributed by atoms with Gasteiger partial charge in [-0.3, -0.25) is 0 Å². The molecule has 0 bridgehead atoms. The van der Waals surface area contributed by atoms with Crippen LogP contribution in [0, 0.1) is 9.39 Å². The van der Waals surface area contributed by atoms with Crippen molar-refractivity contribution in [3.8, 4) is 0 Å². The van der Waals surface area contributed by atoms with Gasteiger partial charge in [-0.25, -0.2) is 9.37 Å². The van der Waals surface area contributed by atoms with Crippen LogP contribution in [0.15, 0.2) is 12.3 Å². The first-order valence-electron chi connectivity index (χ1n) is 4.91. The Balaban J connectivity index is 2.15. The number of likely N-dealkylation sites (N-methyl/N-ethyl adjacent to an activating group) is 1. The Labute approximate surface area is 102 Å². The van der Waals surface area contributed by atoms with Crippen LogP contribution in [0.1, 0.15) is 0 Å². The van der Waals surface area contributed by atoms with E-state index in [0.717, 1.165) is 29.7 Å². The summed E-state index contributed by atoms with van der Waals surface area (Å²) in [6.07, 6.45) is 1.71. The van der Waals surface area contributed by atoms with Crippen molar-refractivity contribution < 1.29 is 4.39 Å². The number of anilines is 1. The highest BCUT2D eigenvalue weighted by atomic mass is 127. The molecule has 82 valence electrons. The maximum atomic E-state index is 13.6. The van der Waals surface area contributed by atoms with E-state index in [1.165, 1.54) is 6.07 Å². The molecule has 1 aromatic heterocycles. The largest absolute Gasteiger partial charge is 0.352 e. The SMILES string of the molecule is CN1CCN(c2ncc(I)cc2F)CC1. The number of halogens is 2. The molecule has 0 saturated carbocycles. The van der Waals surface area contributed by atoms with Crippen molar-refractivity contribution in [3.63, 3.8) is 0 Å². The van der Waals surface area contributed by atoms with Crippen LogP contribution < -0.4 is 4.90 Å². The third kappa shape index (κ3) is 2.57. The molecule has 1 aromatic rings. The molecule has 1 fully saturated rings. The summed E-state index contributed by atoms with van der Waals surface area (Å²) in [7, 11) is 2.08. The number of piperazine rings is 1. The predicted octanol–water partition coefficient (Wildman–Crippen LogP) is 1.58. The molecule has 2 rings (SSSR count). The molecule has 0 aromatic carbocycles. The zero-order chi connectivity index (χ0) is 10.8. The van der Waals surface area contributed by atoms with Crippen molar-refractivity contribution in [3.05, 3.63) is 21.7 Å². The Morgan fingerprint density at radius 1 is 1.33 bits per heavy atom. The van der Waals surface area contributed by atoms with E-state index in [1.807, 2.05) is 4.90 Å². The molecule has 0 unspecified atom stereocenters. The first-order chi connectivity index (χ1) is 7.16. The second-order valence-electron chi connectivity index (χ2n) is 3.75. The average Bonchev–Trinajstić information content (AvgIpc) is 2.20. The Hall–Kier alpha value is -0.430. The van der Waals surface area contributed by atoms with Crippen molar-refractivity contribution in [2.24, 2.45) is 0 Å². The fourth-order valence-electron chi connectivity index (χ4n) is 1.66. The van der Waals surface area contributed by atoms with Gasteiger partial charge >= 0.3 is 0 Å². The molecule has 5 heteroatoms.